The monoisotopic (exact) mass is 269 g/mol. The number of halogens is 1. The van der Waals surface area contributed by atoms with E-state index in [0.717, 1.165) is 39.1 Å². The molecule has 7 heteroatoms. The lowest BCUT2D eigenvalue weighted by Crippen LogP contribution is -2.45. The van der Waals surface area contributed by atoms with E-state index in [1.165, 1.54) is 0 Å². The van der Waals surface area contributed by atoms with Crippen molar-refractivity contribution in [2.24, 2.45) is 0 Å². The summed E-state index contributed by atoms with van der Waals surface area (Å²) in [5.41, 5.74) is 0. The number of nitrogens with one attached hydrogen (secondary N) is 1. The molecule has 1 N–H and O–H groups in total. The molecule has 1 saturated heterocycles. The SMILES string of the molecule is CN1CCN(CCCNS(=O)(=O)CCl)CC1. The fourth-order valence-corrected chi connectivity index (χ4v) is 2.40. The van der Waals surface area contributed by atoms with Gasteiger partial charge in [0.15, 0.2) is 0 Å². The van der Waals surface area contributed by atoms with Gasteiger partial charge in [-0.25, -0.2) is 13.1 Å². The van der Waals surface area contributed by atoms with Crippen molar-refractivity contribution in [2.75, 3.05) is 51.5 Å². The lowest BCUT2D eigenvalue weighted by molar-refractivity contribution is 0.153. The van der Waals surface area contributed by atoms with Crippen molar-refractivity contribution in [2.45, 2.75) is 6.42 Å². The minimum Gasteiger partial charge on any atom is -0.304 e. The first-order valence-electron chi connectivity index (χ1n) is 5.48. The van der Waals surface area contributed by atoms with E-state index in [2.05, 4.69) is 21.6 Å². The molecular formula is C9H20ClN3O2S. The Morgan fingerprint density at radius 1 is 1.25 bits per heavy atom. The second-order valence-corrected chi connectivity index (χ2v) is 6.51. The number of rotatable bonds is 6. The van der Waals surface area contributed by atoms with Crippen LogP contribution in [-0.2, 0) is 10.0 Å². The molecule has 5 nitrogen and oxygen atoms in total. The van der Waals surface area contributed by atoms with Gasteiger partial charge >= 0.3 is 0 Å². The third-order valence-corrected chi connectivity index (χ3v) is 4.51. The minimum atomic E-state index is -3.24. The third kappa shape index (κ3) is 5.45. The molecule has 0 aromatic heterocycles. The highest BCUT2D eigenvalue weighted by Gasteiger charge is 2.13. The molecule has 1 heterocycles. The van der Waals surface area contributed by atoms with E-state index in [4.69, 9.17) is 11.6 Å². The number of piperazine rings is 1. The molecular weight excluding hydrogens is 250 g/mol. The molecule has 0 bridgehead atoms. The Kier molecular flexibility index (Phi) is 5.99. The first-order chi connectivity index (χ1) is 7.53. The van der Waals surface area contributed by atoms with Crippen LogP contribution >= 0.6 is 11.6 Å². The molecule has 0 amide bonds. The van der Waals surface area contributed by atoms with E-state index in [-0.39, 0.29) is 5.21 Å². The van der Waals surface area contributed by atoms with Gasteiger partial charge in [0, 0.05) is 32.7 Å². The van der Waals surface area contributed by atoms with Crippen LogP contribution in [0, 0.1) is 0 Å². The van der Waals surface area contributed by atoms with Crippen molar-refractivity contribution in [1.82, 2.24) is 14.5 Å². The second-order valence-electron chi connectivity index (χ2n) is 4.12. The van der Waals surface area contributed by atoms with Crippen LogP contribution in [0.1, 0.15) is 6.42 Å². The van der Waals surface area contributed by atoms with Gasteiger partial charge in [-0.2, -0.15) is 0 Å². The summed E-state index contributed by atoms with van der Waals surface area (Å²) in [5, 5.41) is -0.360. The van der Waals surface area contributed by atoms with Crippen molar-refractivity contribution >= 4 is 21.6 Å². The number of likely N-dealkylation sites (N-methyl/N-ethyl adjacent to an activating group) is 1. The summed E-state index contributed by atoms with van der Waals surface area (Å²) >= 11 is 5.27. The van der Waals surface area contributed by atoms with Crippen molar-refractivity contribution in [3.05, 3.63) is 0 Å². The zero-order valence-corrected chi connectivity index (χ0v) is 11.2. The topological polar surface area (TPSA) is 52.6 Å². The number of hydrogen-bond acceptors (Lipinski definition) is 4. The van der Waals surface area contributed by atoms with Crippen LogP contribution in [0.15, 0.2) is 0 Å². The van der Waals surface area contributed by atoms with Gasteiger partial charge in [-0.1, -0.05) is 0 Å². The van der Waals surface area contributed by atoms with Gasteiger partial charge in [0.25, 0.3) is 0 Å². The predicted molar refractivity (Wildman–Crippen MR) is 66.2 cm³/mol. The van der Waals surface area contributed by atoms with Gasteiger partial charge in [-0.05, 0) is 20.0 Å². The molecule has 0 unspecified atom stereocenters. The van der Waals surface area contributed by atoms with Crippen molar-refractivity contribution in [3.63, 3.8) is 0 Å². The average Bonchev–Trinajstić information content (AvgIpc) is 2.27. The van der Waals surface area contributed by atoms with Crippen LogP contribution in [0.3, 0.4) is 0 Å². The molecule has 0 atom stereocenters. The molecule has 0 radical (unpaired) electrons. The Bertz CT molecular complexity index is 289. The smallest absolute Gasteiger partial charge is 0.225 e. The normalized spacial score (nSPS) is 20.1. The number of alkyl halides is 1. The maximum absolute atomic E-state index is 11.0. The first-order valence-corrected chi connectivity index (χ1v) is 7.66. The van der Waals surface area contributed by atoms with E-state index >= 15 is 0 Å². The van der Waals surface area contributed by atoms with E-state index in [1.807, 2.05) is 0 Å². The summed E-state index contributed by atoms with van der Waals surface area (Å²) in [4.78, 5) is 4.65. The molecule has 1 aliphatic rings. The van der Waals surface area contributed by atoms with Crippen molar-refractivity contribution < 1.29 is 8.42 Å². The van der Waals surface area contributed by atoms with Crippen LogP contribution < -0.4 is 4.72 Å². The summed E-state index contributed by atoms with van der Waals surface area (Å²) in [6.07, 6.45) is 0.833. The zero-order valence-electron chi connectivity index (χ0n) is 9.65. The Hall–Kier alpha value is 0.120. The Morgan fingerprint density at radius 3 is 2.44 bits per heavy atom. The Labute approximate surface area is 103 Å². The summed E-state index contributed by atoms with van der Waals surface area (Å²) in [5.74, 6) is 0. The Balaban J connectivity index is 2.08. The third-order valence-electron chi connectivity index (χ3n) is 2.71. The highest BCUT2D eigenvalue weighted by molar-refractivity contribution is 7.90. The molecule has 96 valence electrons. The molecule has 0 aromatic rings. The van der Waals surface area contributed by atoms with Gasteiger partial charge in [0.2, 0.25) is 10.0 Å². The van der Waals surface area contributed by atoms with E-state index in [1.54, 1.807) is 0 Å². The summed E-state index contributed by atoms with van der Waals surface area (Å²) in [7, 11) is -1.13. The number of sulfonamides is 1. The molecule has 0 aromatic carbocycles. The lowest BCUT2D eigenvalue weighted by atomic mass is 10.3. The highest BCUT2D eigenvalue weighted by Crippen LogP contribution is 1.99. The van der Waals surface area contributed by atoms with Gasteiger partial charge in [-0.3, -0.25) is 0 Å². The van der Waals surface area contributed by atoms with Crippen LogP contribution in [0.5, 0.6) is 0 Å². The minimum absolute atomic E-state index is 0.360. The maximum Gasteiger partial charge on any atom is 0.225 e. The standard InChI is InChI=1S/C9H20ClN3O2S/c1-12-5-7-13(8-6-12)4-2-3-11-16(14,15)9-10/h11H,2-9H2,1H3. The van der Waals surface area contributed by atoms with Gasteiger partial charge < -0.3 is 9.80 Å². The second kappa shape index (κ2) is 6.76. The molecule has 0 spiro atoms. The summed E-state index contributed by atoms with van der Waals surface area (Å²) in [6, 6.07) is 0. The zero-order chi connectivity index (χ0) is 12.0. The number of nitrogens with zero attached hydrogens (tertiary/aromatic N) is 2. The molecule has 16 heavy (non-hydrogen) atoms. The van der Waals surface area contributed by atoms with Gasteiger partial charge in [-0.15, -0.1) is 11.6 Å². The summed E-state index contributed by atoms with van der Waals surface area (Å²) in [6.45, 7) is 5.73. The van der Waals surface area contributed by atoms with Crippen LogP contribution in [0.25, 0.3) is 0 Å². The largest absolute Gasteiger partial charge is 0.304 e. The average molecular weight is 270 g/mol. The lowest BCUT2D eigenvalue weighted by Gasteiger charge is -2.32. The fraction of sp³-hybridized carbons (Fsp3) is 1.00. The molecule has 0 aliphatic carbocycles. The molecule has 1 fully saturated rings. The van der Waals surface area contributed by atoms with Crippen molar-refractivity contribution in [1.29, 1.82) is 0 Å². The highest BCUT2D eigenvalue weighted by atomic mass is 35.5. The van der Waals surface area contributed by atoms with Gasteiger partial charge in [0.05, 0.1) is 0 Å². The first kappa shape index (κ1) is 14.2. The Morgan fingerprint density at radius 2 is 1.88 bits per heavy atom. The van der Waals surface area contributed by atoms with Gasteiger partial charge in [0.1, 0.15) is 5.21 Å². The fourth-order valence-electron chi connectivity index (χ4n) is 1.64. The maximum atomic E-state index is 11.0. The molecule has 0 saturated carbocycles. The van der Waals surface area contributed by atoms with Crippen LogP contribution in [0.4, 0.5) is 0 Å². The quantitative estimate of drug-likeness (QED) is 0.533. The summed E-state index contributed by atoms with van der Waals surface area (Å²) < 4.78 is 24.5. The van der Waals surface area contributed by atoms with E-state index < -0.39 is 10.0 Å². The molecule has 1 aliphatic heterocycles. The molecule has 1 rings (SSSR count). The number of hydrogen-bond donors (Lipinski definition) is 1. The predicted octanol–water partition coefficient (Wildman–Crippen LogP) is -0.260. The van der Waals surface area contributed by atoms with E-state index in [9.17, 15) is 8.42 Å². The van der Waals surface area contributed by atoms with Crippen molar-refractivity contribution in [3.8, 4) is 0 Å². The van der Waals surface area contributed by atoms with Crippen LogP contribution in [0.2, 0.25) is 0 Å². The van der Waals surface area contributed by atoms with E-state index in [0.29, 0.717) is 6.54 Å². The van der Waals surface area contributed by atoms with Crippen LogP contribution in [-0.4, -0.2) is 69.7 Å².